The number of ether oxygens (including phenoxy) is 2. The van der Waals surface area contributed by atoms with Crippen LogP contribution in [0.3, 0.4) is 0 Å². The molecule has 2 aliphatic rings. The summed E-state index contributed by atoms with van der Waals surface area (Å²) in [6.45, 7) is 12.8. The maximum atomic E-state index is 4.94. The second-order valence-electron chi connectivity index (χ2n) is 8.30. The third-order valence-electron chi connectivity index (χ3n) is 5.83. The maximum absolute atomic E-state index is 4.94. The van der Waals surface area contributed by atoms with Gasteiger partial charge in [0.1, 0.15) is 0 Å². The molecule has 7 heteroatoms. The Labute approximate surface area is 208 Å². The summed E-state index contributed by atoms with van der Waals surface area (Å²) >= 11 is -0.403. The molecule has 33 heavy (non-hydrogen) atoms. The maximum Gasteiger partial charge on any atom is -1.00 e. The van der Waals surface area contributed by atoms with Gasteiger partial charge in [-0.15, -0.1) is 0 Å². The minimum Gasteiger partial charge on any atom is -1.00 e. The van der Waals surface area contributed by atoms with Crippen LogP contribution in [-0.4, -0.2) is 40.5 Å². The van der Waals surface area contributed by atoms with Crippen LogP contribution in [0.1, 0.15) is 47.9 Å². The fourth-order valence-corrected chi connectivity index (χ4v) is 5.35. The smallest absolute Gasteiger partial charge is 1.00 e. The molecule has 0 spiro atoms. The van der Waals surface area contributed by atoms with E-state index in [1.807, 2.05) is 0 Å². The van der Waals surface area contributed by atoms with Gasteiger partial charge in [-0.2, -0.15) is 0 Å². The van der Waals surface area contributed by atoms with Crippen LogP contribution in [0.2, 0.25) is 0 Å². The van der Waals surface area contributed by atoms with Crippen molar-refractivity contribution in [3.05, 3.63) is 58.7 Å². The number of anilines is 2. The molecule has 0 aliphatic carbocycles. The van der Waals surface area contributed by atoms with Crippen molar-refractivity contribution in [1.29, 1.82) is 0 Å². The molecule has 184 valence electrons. The van der Waals surface area contributed by atoms with Crippen molar-refractivity contribution < 1.29 is 38.5 Å². The van der Waals surface area contributed by atoms with Crippen molar-refractivity contribution in [3.63, 3.8) is 0 Å². The second kappa shape index (κ2) is 17.0. The fourth-order valence-electron chi connectivity index (χ4n) is 3.55. The van der Waals surface area contributed by atoms with Crippen LogP contribution in [0.25, 0.3) is 0 Å². The molecule has 2 fully saturated rings. The molecule has 4 rings (SSSR count). The van der Waals surface area contributed by atoms with Crippen molar-refractivity contribution in [3.8, 4) is 0 Å². The van der Waals surface area contributed by atoms with Crippen molar-refractivity contribution in [1.82, 2.24) is 0 Å². The predicted molar refractivity (Wildman–Crippen MR) is 129 cm³/mol. The number of halogens is 2. The van der Waals surface area contributed by atoms with E-state index < -0.39 is 19.7 Å². The zero-order valence-electron chi connectivity index (χ0n) is 21.1. The van der Waals surface area contributed by atoms with Crippen molar-refractivity contribution in [2.24, 2.45) is 0 Å². The van der Waals surface area contributed by atoms with Crippen LogP contribution in [0.4, 0.5) is 11.4 Å². The first-order valence-corrected chi connectivity index (χ1v) is 12.8. The molecule has 2 aliphatic heterocycles. The van der Waals surface area contributed by atoms with Gasteiger partial charge in [0.05, 0.1) is 0 Å². The molecule has 0 bridgehead atoms. The molecule has 2 saturated heterocycles. The van der Waals surface area contributed by atoms with Crippen molar-refractivity contribution in [2.75, 3.05) is 47.3 Å². The number of benzene rings is 2. The molecule has 2 aromatic carbocycles. The Morgan fingerprint density at radius 3 is 1.21 bits per heavy atom. The van der Waals surface area contributed by atoms with E-state index in [9.17, 15) is 0 Å². The zero-order chi connectivity index (χ0) is 22.6. The summed E-state index contributed by atoms with van der Waals surface area (Å²) in [5.41, 5.74) is 8.20. The van der Waals surface area contributed by atoms with Crippen LogP contribution in [0.5, 0.6) is 0 Å². The third kappa shape index (κ3) is 10.6. The van der Waals surface area contributed by atoms with Gasteiger partial charge in [0.2, 0.25) is 0 Å². The third-order valence-corrected chi connectivity index (χ3v) is 7.52. The first-order chi connectivity index (χ1) is 14.9. The molecule has 0 N–H and O–H groups in total. The van der Waals surface area contributed by atoms with E-state index in [1.165, 1.54) is 59.3 Å². The fraction of sp³-hybridized carbons (Fsp3) is 0.538. The van der Waals surface area contributed by atoms with E-state index in [0.29, 0.717) is 0 Å². The monoisotopic (exact) mass is 498 g/mol. The molecule has 0 radical (unpaired) electrons. The Morgan fingerprint density at radius 1 is 0.606 bits per heavy atom. The van der Waals surface area contributed by atoms with Gasteiger partial charge < -0.3 is 18.9 Å². The number of hydrogen-bond acceptors (Lipinski definition) is 4. The number of rotatable bonds is 4. The normalized spacial score (nSPS) is 13.8. The molecule has 0 saturated carbocycles. The van der Waals surface area contributed by atoms with Crippen LogP contribution < -0.4 is 16.2 Å². The second-order valence-corrected chi connectivity index (χ2v) is 10.7. The molecule has 0 aromatic heterocycles. The molecule has 4 nitrogen and oxygen atoms in total. The van der Waals surface area contributed by atoms with Crippen LogP contribution >= 0.6 is 0 Å². The van der Waals surface area contributed by atoms with E-state index in [1.54, 1.807) is 0 Å². The van der Waals surface area contributed by atoms with E-state index in [0.717, 1.165) is 26.4 Å². The summed E-state index contributed by atoms with van der Waals surface area (Å²) in [6, 6.07) is 13.1. The van der Waals surface area contributed by atoms with E-state index >= 15 is 0 Å². The Morgan fingerprint density at radius 2 is 0.939 bits per heavy atom. The molecule has 2 aromatic rings. The van der Waals surface area contributed by atoms with Gasteiger partial charge in [0, 0.05) is 26.4 Å². The SMILES string of the molecule is C1CCOC1.C1CCOC1.Cc1cccc([N](C)[Ti+2][N](C)c2cccc(C)c2C)c1C.[F-].[F-]. The average Bonchev–Trinajstić information content (AvgIpc) is 3.51. The van der Waals surface area contributed by atoms with E-state index in [-0.39, 0.29) is 9.41 Å². The summed E-state index contributed by atoms with van der Waals surface area (Å²) in [5.74, 6) is 0. The van der Waals surface area contributed by atoms with Crippen LogP contribution in [0.15, 0.2) is 36.4 Å². The van der Waals surface area contributed by atoms with Gasteiger partial charge >= 0.3 is 138 Å². The van der Waals surface area contributed by atoms with Crippen molar-refractivity contribution >= 4 is 11.4 Å². The van der Waals surface area contributed by atoms with Crippen molar-refractivity contribution in [2.45, 2.75) is 53.4 Å². The molecule has 0 atom stereocenters. The standard InChI is InChI=1S/2C9H12N.2C4H8O.2FH.Ti/c2*1-7-5-4-6-9(10-3)8(7)2;2*1-2-4-5-3-1;;;/h2*4-6H,1-3H3;2*1-4H2;2*1H;/q2*-1;;;;;+4/p-2. The number of aryl methyl sites for hydroxylation is 2. The minimum absolute atomic E-state index is 0. The quantitative estimate of drug-likeness (QED) is 0.555. The minimum atomic E-state index is -0.403. The largest absolute Gasteiger partial charge is 1.00 e. The molecular weight excluding hydrogens is 458 g/mol. The van der Waals surface area contributed by atoms with Gasteiger partial charge in [-0.1, -0.05) is 0 Å². The number of hydrogen-bond donors (Lipinski definition) is 0. The molecule has 0 amide bonds. The topological polar surface area (TPSA) is 24.9 Å². The van der Waals surface area contributed by atoms with Gasteiger partial charge in [-0.05, 0) is 25.7 Å². The zero-order valence-corrected chi connectivity index (χ0v) is 22.6. The van der Waals surface area contributed by atoms with Gasteiger partial charge in [-0.3, -0.25) is 0 Å². The Balaban J connectivity index is 0.000000701. The molecule has 2 heterocycles. The van der Waals surface area contributed by atoms with E-state index in [4.69, 9.17) is 9.47 Å². The van der Waals surface area contributed by atoms with Crippen LogP contribution in [-0.2, 0) is 29.1 Å². The van der Waals surface area contributed by atoms with Gasteiger partial charge in [0.25, 0.3) is 0 Å². The van der Waals surface area contributed by atoms with Crippen LogP contribution in [0, 0.1) is 27.7 Å². The first-order valence-electron chi connectivity index (χ1n) is 11.4. The summed E-state index contributed by atoms with van der Waals surface area (Å²) < 4.78 is 14.8. The molecule has 0 unspecified atom stereocenters. The average molecular weight is 498 g/mol. The van der Waals surface area contributed by atoms with Gasteiger partial charge in [0.15, 0.2) is 0 Å². The molecular formula is C26H40F2N2O2Ti. The summed E-state index contributed by atoms with van der Waals surface area (Å²) in [4.78, 5) is 0. The summed E-state index contributed by atoms with van der Waals surface area (Å²) in [6.07, 6.45) is 5.11. The summed E-state index contributed by atoms with van der Waals surface area (Å²) in [5, 5.41) is 0. The Bertz CT molecular complexity index is 719. The van der Waals surface area contributed by atoms with Gasteiger partial charge in [-0.25, -0.2) is 0 Å². The summed E-state index contributed by atoms with van der Waals surface area (Å²) in [7, 11) is 4.42. The Kier molecular flexibility index (Phi) is 16.3. The first kappa shape index (κ1) is 31.5. The number of nitrogens with zero attached hydrogens (tertiary/aromatic N) is 2. The van der Waals surface area contributed by atoms with E-state index in [2.05, 4.69) is 85.0 Å². The predicted octanol–water partition coefficient (Wildman–Crippen LogP) is 0.00698. The Hall–Kier alpha value is -1.47.